The van der Waals surface area contributed by atoms with Crippen molar-refractivity contribution < 1.29 is 4.42 Å². The molecule has 108 valence electrons. The molecule has 1 atom stereocenters. The highest BCUT2D eigenvalue weighted by molar-refractivity contribution is 5.58. The van der Waals surface area contributed by atoms with Crippen molar-refractivity contribution in [1.82, 2.24) is 5.32 Å². The summed E-state index contributed by atoms with van der Waals surface area (Å²) in [4.78, 5) is 0. The van der Waals surface area contributed by atoms with Gasteiger partial charge in [-0.1, -0.05) is 45.0 Å². The number of furan rings is 1. The monoisotopic (exact) mass is 271 g/mol. The average molecular weight is 271 g/mol. The molecule has 0 aliphatic carbocycles. The predicted molar refractivity (Wildman–Crippen MR) is 84.9 cm³/mol. The minimum Gasteiger partial charge on any atom is -0.459 e. The number of rotatable bonds is 6. The molecule has 1 unspecified atom stereocenters. The molecule has 0 saturated heterocycles. The molecule has 2 rings (SSSR count). The fourth-order valence-corrected chi connectivity index (χ4v) is 2.23. The van der Waals surface area contributed by atoms with Crippen molar-refractivity contribution in [3.05, 3.63) is 47.7 Å². The lowest BCUT2D eigenvalue weighted by Gasteiger charge is -2.10. The van der Waals surface area contributed by atoms with Gasteiger partial charge in [-0.25, -0.2) is 0 Å². The molecule has 0 spiro atoms. The first-order valence-electron chi connectivity index (χ1n) is 7.55. The molecule has 1 aromatic heterocycles. The van der Waals surface area contributed by atoms with E-state index >= 15 is 0 Å². The third-order valence-electron chi connectivity index (χ3n) is 3.62. The Labute approximate surface area is 122 Å². The second-order valence-electron chi connectivity index (χ2n) is 5.65. The van der Waals surface area contributed by atoms with E-state index in [1.807, 2.05) is 0 Å². The lowest BCUT2D eigenvalue weighted by Crippen LogP contribution is -2.18. The van der Waals surface area contributed by atoms with E-state index in [1.165, 1.54) is 5.56 Å². The minimum atomic E-state index is 0.263. The summed E-state index contributed by atoms with van der Waals surface area (Å²) in [5.74, 6) is 2.51. The number of nitrogens with one attached hydrogen (secondary N) is 1. The zero-order valence-corrected chi connectivity index (χ0v) is 12.9. The van der Waals surface area contributed by atoms with Crippen molar-refractivity contribution in [2.45, 2.75) is 46.1 Å². The maximum atomic E-state index is 5.97. The molecule has 0 aliphatic rings. The molecule has 1 N–H and O–H groups in total. The van der Waals surface area contributed by atoms with Gasteiger partial charge in [0.1, 0.15) is 11.5 Å². The summed E-state index contributed by atoms with van der Waals surface area (Å²) in [6.07, 6.45) is 1.13. The average Bonchev–Trinajstić information content (AvgIpc) is 2.94. The molecule has 2 nitrogen and oxygen atoms in total. The first-order valence-corrected chi connectivity index (χ1v) is 7.55. The Kier molecular flexibility index (Phi) is 5.02. The molecule has 2 heteroatoms. The summed E-state index contributed by atoms with van der Waals surface area (Å²) >= 11 is 0. The van der Waals surface area contributed by atoms with E-state index in [0.29, 0.717) is 5.92 Å². The van der Waals surface area contributed by atoms with Gasteiger partial charge < -0.3 is 9.73 Å². The van der Waals surface area contributed by atoms with Crippen LogP contribution in [-0.2, 0) is 0 Å². The largest absolute Gasteiger partial charge is 0.459 e. The van der Waals surface area contributed by atoms with Crippen LogP contribution in [0.15, 0.2) is 40.8 Å². The Morgan fingerprint density at radius 3 is 2.30 bits per heavy atom. The van der Waals surface area contributed by atoms with Crippen LogP contribution in [0.3, 0.4) is 0 Å². The van der Waals surface area contributed by atoms with E-state index in [0.717, 1.165) is 30.0 Å². The Balaban J connectivity index is 2.11. The quantitative estimate of drug-likeness (QED) is 0.787. The van der Waals surface area contributed by atoms with Gasteiger partial charge in [0.15, 0.2) is 0 Å². The van der Waals surface area contributed by atoms with Gasteiger partial charge in [0.2, 0.25) is 0 Å². The van der Waals surface area contributed by atoms with E-state index in [4.69, 9.17) is 4.42 Å². The standard InChI is InChI=1S/C18H25NO/c1-5-12-19-14(4)17-10-11-18(20-17)16-8-6-15(7-9-16)13(2)3/h6-11,13-14,19H,5,12H2,1-4H3. The summed E-state index contributed by atoms with van der Waals surface area (Å²) in [5.41, 5.74) is 2.50. The topological polar surface area (TPSA) is 25.2 Å². The smallest absolute Gasteiger partial charge is 0.134 e. The molecule has 2 aromatic rings. The summed E-state index contributed by atoms with van der Waals surface area (Å²) in [6, 6.07) is 13.0. The first kappa shape index (κ1) is 14.9. The molecule has 0 fully saturated rings. The normalized spacial score (nSPS) is 12.8. The van der Waals surface area contributed by atoms with Crippen LogP contribution in [0.5, 0.6) is 0 Å². The van der Waals surface area contributed by atoms with Crippen LogP contribution in [0.1, 0.15) is 57.4 Å². The van der Waals surface area contributed by atoms with Gasteiger partial charge >= 0.3 is 0 Å². The number of hydrogen-bond acceptors (Lipinski definition) is 2. The molecule has 20 heavy (non-hydrogen) atoms. The highest BCUT2D eigenvalue weighted by atomic mass is 16.3. The highest BCUT2D eigenvalue weighted by Crippen LogP contribution is 2.26. The third kappa shape index (κ3) is 3.51. The summed E-state index contributed by atoms with van der Waals surface area (Å²) in [5, 5.41) is 3.44. The van der Waals surface area contributed by atoms with Gasteiger partial charge in [0.25, 0.3) is 0 Å². The van der Waals surface area contributed by atoms with E-state index in [9.17, 15) is 0 Å². The van der Waals surface area contributed by atoms with Crippen LogP contribution in [0.25, 0.3) is 11.3 Å². The van der Waals surface area contributed by atoms with Crippen LogP contribution < -0.4 is 5.32 Å². The molecule has 0 radical (unpaired) electrons. The number of benzene rings is 1. The van der Waals surface area contributed by atoms with Gasteiger partial charge in [-0.2, -0.15) is 0 Å². The van der Waals surface area contributed by atoms with Gasteiger partial charge in [-0.05, 0) is 43.5 Å². The van der Waals surface area contributed by atoms with Crippen LogP contribution >= 0.6 is 0 Å². The fraction of sp³-hybridized carbons (Fsp3) is 0.444. The molecule has 0 bridgehead atoms. The second kappa shape index (κ2) is 6.76. The predicted octanol–water partition coefficient (Wildman–Crippen LogP) is 5.13. The molecule has 1 aromatic carbocycles. The van der Waals surface area contributed by atoms with Crippen molar-refractivity contribution in [3.8, 4) is 11.3 Å². The van der Waals surface area contributed by atoms with E-state index in [2.05, 4.69) is 69.4 Å². The van der Waals surface area contributed by atoms with Crippen LogP contribution in [0.2, 0.25) is 0 Å². The lowest BCUT2D eigenvalue weighted by molar-refractivity contribution is 0.439. The molecule has 0 amide bonds. The zero-order chi connectivity index (χ0) is 14.5. The summed E-state index contributed by atoms with van der Waals surface area (Å²) in [6.45, 7) is 9.74. The van der Waals surface area contributed by atoms with Crippen LogP contribution in [0, 0.1) is 0 Å². The van der Waals surface area contributed by atoms with Gasteiger partial charge in [0, 0.05) is 5.56 Å². The van der Waals surface area contributed by atoms with Crippen LogP contribution in [0.4, 0.5) is 0 Å². The van der Waals surface area contributed by atoms with Crippen molar-refractivity contribution in [2.24, 2.45) is 0 Å². The minimum absolute atomic E-state index is 0.263. The van der Waals surface area contributed by atoms with E-state index in [1.54, 1.807) is 0 Å². The van der Waals surface area contributed by atoms with Crippen LogP contribution in [-0.4, -0.2) is 6.54 Å². The molecular formula is C18H25NO. The zero-order valence-electron chi connectivity index (χ0n) is 12.9. The van der Waals surface area contributed by atoms with Crippen molar-refractivity contribution in [1.29, 1.82) is 0 Å². The maximum absolute atomic E-state index is 5.97. The Bertz CT molecular complexity index is 525. The van der Waals surface area contributed by atoms with Crippen molar-refractivity contribution in [3.63, 3.8) is 0 Å². The molecule has 1 heterocycles. The third-order valence-corrected chi connectivity index (χ3v) is 3.62. The molecule has 0 aliphatic heterocycles. The van der Waals surface area contributed by atoms with E-state index < -0.39 is 0 Å². The highest BCUT2D eigenvalue weighted by Gasteiger charge is 2.11. The Morgan fingerprint density at radius 1 is 1.00 bits per heavy atom. The summed E-state index contributed by atoms with van der Waals surface area (Å²) < 4.78 is 5.97. The molecule has 0 saturated carbocycles. The van der Waals surface area contributed by atoms with Crippen molar-refractivity contribution >= 4 is 0 Å². The SMILES string of the molecule is CCCNC(C)c1ccc(-c2ccc(C(C)C)cc2)o1. The van der Waals surface area contributed by atoms with Gasteiger partial charge in [0.05, 0.1) is 6.04 Å². The lowest BCUT2D eigenvalue weighted by atomic mass is 10.0. The first-order chi connectivity index (χ1) is 9.61. The van der Waals surface area contributed by atoms with Gasteiger partial charge in [-0.3, -0.25) is 0 Å². The van der Waals surface area contributed by atoms with Gasteiger partial charge in [-0.15, -0.1) is 0 Å². The number of hydrogen-bond donors (Lipinski definition) is 1. The second-order valence-corrected chi connectivity index (χ2v) is 5.65. The Hall–Kier alpha value is -1.54. The van der Waals surface area contributed by atoms with Crippen molar-refractivity contribution in [2.75, 3.05) is 6.54 Å². The maximum Gasteiger partial charge on any atom is 0.134 e. The molecular weight excluding hydrogens is 246 g/mol. The Morgan fingerprint density at radius 2 is 1.70 bits per heavy atom. The summed E-state index contributed by atoms with van der Waals surface area (Å²) in [7, 11) is 0. The van der Waals surface area contributed by atoms with E-state index in [-0.39, 0.29) is 6.04 Å². The fourth-order valence-electron chi connectivity index (χ4n) is 2.23.